The van der Waals surface area contributed by atoms with E-state index in [1.165, 1.54) is 22.9 Å². The third-order valence-corrected chi connectivity index (χ3v) is 4.67. The van der Waals surface area contributed by atoms with Crippen molar-refractivity contribution in [2.45, 2.75) is 11.3 Å². The van der Waals surface area contributed by atoms with Gasteiger partial charge in [-0.25, -0.2) is 0 Å². The quantitative estimate of drug-likeness (QED) is 0.378. The Hall–Kier alpha value is -1.29. The van der Waals surface area contributed by atoms with Crippen molar-refractivity contribution in [1.29, 1.82) is 0 Å². The van der Waals surface area contributed by atoms with Crippen LogP contribution >= 0.6 is 35.6 Å². The highest BCUT2D eigenvalue weighted by Crippen LogP contribution is 2.29. The Labute approximate surface area is 140 Å². The summed E-state index contributed by atoms with van der Waals surface area (Å²) in [5, 5.41) is 1.82. The Balaban J connectivity index is 2.53. The van der Waals surface area contributed by atoms with Gasteiger partial charge < -0.3 is 4.57 Å². The summed E-state index contributed by atoms with van der Waals surface area (Å²) in [4.78, 5) is 1.02. The van der Waals surface area contributed by atoms with Crippen LogP contribution in [0.25, 0.3) is 11.1 Å². The van der Waals surface area contributed by atoms with Crippen molar-refractivity contribution >= 4 is 35.6 Å². The summed E-state index contributed by atoms with van der Waals surface area (Å²) < 4.78 is 2.87. The summed E-state index contributed by atoms with van der Waals surface area (Å²) in [5.74, 6) is 0. The number of pyridine rings is 1. The Kier molecular flexibility index (Phi) is 5.85. The maximum atomic E-state index is 5.62. The molecule has 0 atom stereocenters. The number of hydrogen-bond donors (Lipinski definition) is 0. The summed E-state index contributed by atoms with van der Waals surface area (Å²) in [6.45, 7) is 3.79. The molecule has 0 radical (unpaired) electrons. The van der Waals surface area contributed by atoms with Gasteiger partial charge >= 0.3 is 0 Å². The first-order chi connectivity index (χ1) is 10.2. The molecule has 0 spiro atoms. The average Bonchev–Trinajstić information content (AvgIpc) is 2.48. The van der Waals surface area contributed by atoms with Gasteiger partial charge in [0.2, 0.25) is 0 Å². The van der Waals surface area contributed by atoms with Crippen LogP contribution in [0, 0.1) is 4.51 Å². The zero-order valence-corrected chi connectivity index (χ0v) is 14.1. The van der Waals surface area contributed by atoms with Crippen molar-refractivity contribution in [1.82, 2.24) is 4.57 Å². The molecule has 2 aromatic rings. The average molecular weight is 334 g/mol. The molecule has 0 fully saturated rings. The molecule has 0 aliphatic rings. The van der Waals surface area contributed by atoms with Crippen molar-refractivity contribution in [3.8, 4) is 11.1 Å². The maximum Gasteiger partial charge on any atom is 0.0624 e. The molecule has 1 aromatic heterocycles. The van der Waals surface area contributed by atoms with E-state index in [0.29, 0.717) is 0 Å². The second kappa shape index (κ2) is 7.64. The standard InChI is InChI=1S/C17H16ClNS2/c1-3-5-13-6-4-7-14(10-13)15-11-19(2)12-16(17(15)20)21-9-8-18/h3-4,6-12H,1,5H2,2H3/b9-8+. The van der Waals surface area contributed by atoms with E-state index in [9.17, 15) is 0 Å². The Morgan fingerprint density at radius 1 is 1.38 bits per heavy atom. The zero-order chi connectivity index (χ0) is 15.2. The van der Waals surface area contributed by atoms with E-state index in [1.54, 1.807) is 0 Å². The minimum Gasteiger partial charge on any atom is -0.355 e. The molecule has 0 saturated carbocycles. The summed E-state index contributed by atoms with van der Waals surface area (Å²) in [5.41, 5.74) is 4.92. The Morgan fingerprint density at radius 3 is 2.90 bits per heavy atom. The van der Waals surface area contributed by atoms with E-state index in [4.69, 9.17) is 23.8 Å². The van der Waals surface area contributed by atoms with Gasteiger partial charge in [-0.3, -0.25) is 0 Å². The van der Waals surface area contributed by atoms with Gasteiger partial charge in [0.25, 0.3) is 0 Å². The molecule has 0 aliphatic heterocycles. The van der Waals surface area contributed by atoms with E-state index in [2.05, 4.69) is 37.0 Å². The first-order valence-corrected chi connectivity index (χ1v) is 8.20. The second-order valence-electron chi connectivity index (χ2n) is 4.60. The molecule has 0 bridgehead atoms. The minimum absolute atomic E-state index is 0.851. The van der Waals surface area contributed by atoms with Crippen LogP contribution in [0.3, 0.4) is 0 Å². The fraction of sp³-hybridized carbons (Fsp3) is 0.118. The molecular formula is C17H16ClNS2. The number of allylic oxidation sites excluding steroid dienone is 1. The highest BCUT2D eigenvalue weighted by molar-refractivity contribution is 8.02. The lowest BCUT2D eigenvalue weighted by Crippen LogP contribution is -1.94. The van der Waals surface area contributed by atoms with Gasteiger partial charge in [-0.1, -0.05) is 65.9 Å². The van der Waals surface area contributed by atoms with Crippen LogP contribution in [0.5, 0.6) is 0 Å². The van der Waals surface area contributed by atoms with Crippen LogP contribution < -0.4 is 0 Å². The molecule has 4 heteroatoms. The SMILES string of the molecule is C=CCc1cccc(-c2cn(C)cc(S/C=C/Cl)c2=S)c1. The van der Waals surface area contributed by atoms with Gasteiger partial charge in [-0.2, -0.15) is 0 Å². The second-order valence-corrected chi connectivity index (χ2v) is 6.21. The molecule has 2 rings (SSSR count). The lowest BCUT2D eigenvalue weighted by atomic mass is 10.0. The number of benzene rings is 1. The van der Waals surface area contributed by atoms with Crippen LogP contribution in [0.1, 0.15) is 5.56 Å². The minimum atomic E-state index is 0.851. The van der Waals surface area contributed by atoms with Crippen molar-refractivity contribution in [3.63, 3.8) is 0 Å². The van der Waals surface area contributed by atoms with Crippen molar-refractivity contribution in [3.05, 3.63) is 70.3 Å². The largest absolute Gasteiger partial charge is 0.355 e. The number of aryl methyl sites for hydroxylation is 1. The van der Waals surface area contributed by atoms with E-state index < -0.39 is 0 Å². The number of rotatable bonds is 5. The zero-order valence-electron chi connectivity index (χ0n) is 11.8. The lowest BCUT2D eigenvalue weighted by molar-refractivity contribution is 0.882. The maximum absolute atomic E-state index is 5.62. The molecule has 0 N–H and O–H groups in total. The smallest absolute Gasteiger partial charge is 0.0624 e. The van der Waals surface area contributed by atoms with E-state index >= 15 is 0 Å². The van der Waals surface area contributed by atoms with Crippen molar-refractivity contribution in [2.24, 2.45) is 7.05 Å². The predicted molar refractivity (Wildman–Crippen MR) is 96.4 cm³/mol. The number of thioether (sulfide) groups is 1. The molecule has 21 heavy (non-hydrogen) atoms. The van der Waals surface area contributed by atoms with Gasteiger partial charge in [0, 0.05) is 35.4 Å². The predicted octanol–water partition coefficient (Wildman–Crippen LogP) is 5.95. The van der Waals surface area contributed by atoms with Crippen LogP contribution in [0.15, 0.2) is 65.2 Å². The van der Waals surface area contributed by atoms with Gasteiger partial charge in [-0.05, 0) is 23.0 Å². The third kappa shape index (κ3) is 4.10. The van der Waals surface area contributed by atoms with Crippen LogP contribution in [-0.4, -0.2) is 4.57 Å². The molecule has 1 nitrogen and oxygen atoms in total. The molecule has 1 heterocycles. The van der Waals surface area contributed by atoms with Crippen LogP contribution in [-0.2, 0) is 13.5 Å². The Morgan fingerprint density at radius 2 is 2.19 bits per heavy atom. The third-order valence-electron chi connectivity index (χ3n) is 2.99. The Bertz CT molecular complexity index is 732. The topological polar surface area (TPSA) is 4.93 Å². The van der Waals surface area contributed by atoms with Crippen LogP contribution in [0.2, 0.25) is 0 Å². The van der Waals surface area contributed by atoms with Crippen LogP contribution in [0.4, 0.5) is 0 Å². The van der Waals surface area contributed by atoms with Gasteiger partial charge in [-0.15, -0.1) is 6.58 Å². The highest BCUT2D eigenvalue weighted by atomic mass is 35.5. The number of aromatic nitrogens is 1. The monoisotopic (exact) mass is 333 g/mol. The molecular weight excluding hydrogens is 318 g/mol. The lowest BCUT2D eigenvalue weighted by Gasteiger charge is -2.10. The summed E-state index contributed by atoms with van der Waals surface area (Å²) in [6.07, 6.45) is 6.84. The molecule has 108 valence electrons. The molecule has 0 aliphatic carbocycles. The van der Waals surface area contributed by atoms with Gasteiger partial charge in [0.15, 0.2) is 0 Å². The summed E-state index contributed by atoms with van der Waals surface area (Å²) in [7, 11) is 2.00. The van der Waals surface area contributed by atoms with E-state index in [-0.39, 0.29) is 0 Å². The first-order valence-electron chi connectivity index (χ1n) is 6.48. The fourth-order valence-electron chi connectivity index (χ4n) is 2.10. The van der Waals surface area contributed by atoms with Gasteiger partial charge in [0.1, 0.15) is 0 Å². The van der Waals surface area contributed by atoms with Crippen molar-refractivity contribution < 1.29 is 0 Å². The fourth-order valence-corrected chi connectivity index (χ4v) is 3.26. The highest BCUT2D eigenvalue weighted by Gasteiger charge is 2.06. The van der Waals surface area contributed by atoms with Gasteiger partial charge in [0.05, 0.1) is 4.51 Å². The number of hydrogen-bond acceptors (Lipinski definition) is 2. The molecule has 0 unspecified atom stereocenters. The van der Waals surface area contributed by atoms with E-state index in [1.807, 2.05) is 29.3 Å². The molecule has 0 saturated heterocycles. The van der Waals surface area contributed by atoms with Crippen molar-refractivity contribution in [2.75, 3.05) is 0 Å². The summed E-state index contributed by atoms with van der Waals surface area (Å²) >= 11 is 12.8. The molecule has 0 amide bonds. The summed E-state index contributed by atoms with van der Waals surface area (Å²) in [6, 6.07) is 8.41. The molecule has 1 aromatic carbocycles. The first kappa shape index (κ1) is 16.1. The number of halogens is 1. The van der Waals surface area contributed by atoms with E-state index in [0.717, 1.165) is 27.0 Å². The number of nitrogens with zero attached hydrogens (tertiary/aromatic N) is 1. The normalized spacial score (nSPS) is 11.0.